The van der Waals surface area contributed by atoms with Crippen LogP contribution in [0.4, 0.5) is 0 Å². The van der Waals surface area contributed by atoms with Crippen LogP contribution in [0.2, 0.25) is 0 Å². The molecule has 3 aromatic heterocycles. The molecule has 190 valence electrons. The van der Waals surface area contributed by atoms with E-state index in [2.05, 4.69) is 14.8 Å². The van der Waals surface area contributed by atoms with Crippen molar-refractivity contribution in [2.24, 2.45) is 0 Å². The molecule has 0 saturated heterocycles. The normalized spacial score (nSPS) is 14.6. The Bertz CT molecular complexity index is 1420. The van der Waals surface area contributed by atoms with Crippen molar-refractivity contribution < 1.29 is 19.5 Å². The fourth-order valence-electron chi connectivity index (χ4n) is 3.88. The van der Waals surface area contributed by atoms with Crippen LogP contribution in [0.1, 0.15) is 51.9 Å². The number of pyridine rings is 2. The Labute approximate surface area is 212 Å². The molecular formula is C26H32N5O4S+. The zero-order chi connectivity index (χ0) is 26.1. The van der Waals surface area contributed by atoms with Gasteiger partial charge in [-0.05, 0) is 63.6 Å². The first-order valence-corrected chi connectivity index (χ1v) is 13.0. The predicted molar refractivity (Wildman–Crippen MR) is 141 cm³/mol. The Morgan fingerprint density at radius 2 is 1.83 bits per heavy atom. The van der Waals surface area contributed by atoms with Gasteiger partial charge < -0.3 is 15.3 Å². The van der Waals surface area contributed by atoms with Gasteiger partial charge in [0.05, 0.1) is 40.8 Å². The molecule has 0 bridgehead atoms. The molecule has 3 heterocycles. The lowest BCUT2D eigenvalue weighted by atomic mass is 10.0. The molecule has 2 atom stereocenters. The molecule has 4 N–H and O–H groups in total. The molecule has 0 spiro atoms. The van der Waals surface area contributed by atoms with Crippen molar-refractivity contribution >= 4 is 21.9 Å². The summed E-state index contributed by atoms with van der Waals surface area (Å²) in [5, 5.41) is 36.6. The minimum atomic E-state index is -1.93. The Hall–Kier alpha value is -3.18. The summed E-state index contributed by atoms with van der Waals surface area (Å²) in [5.74, 6) is 0.527. The summed E-state index contributed by atoms with van der Waals surface area (Å²) in [7, 11) is -1.93. The molecule has 2 unspecified atom stereocenters. The van der Waals surface area contributed by atoms with Gasteiger partial charge in [-0.15, -0.1) is 4.72 Å². The number of aliphatic hydroxyl groups excluding tert-OH is 1. The number of phenolic OH excluding ortho intramolecular Hbond substituents is 1. The molecule has 1 aromatic carbocycles. The smallest absolute Gasteiger partial charge is 0.199 e. The van der Waals surface area contributed by atoms with Crippen LogP contribution in [0.3, 0.4) is 0 Å². The van der Waals surface area contributed by atoms with Crippen LogP contribution in [-0.2, 0) is 27.5 Å². The van der Waals surface area contributed by atoms with Crippen LogP contribution in [0, 0.1) is 0 Å². The second-order valence-electron chi connectivity index (χ2n) is 9.73. The van der Waals surface area contributed by atoms with Crippen LogP contribution < -0.4 is 4.72 Å². The molecule has 0 aliphatic rings. The van der Waals surface area contributed by atoms with Crippen molar-refractivity contribution in [3.63, 3.8) is 0 Å². The van der Waals surface area contributed by atoms with Crippen LogP contribution in [0.15, 0.2) is 54.7 Å². The molecular weight excluding hydrogens is 478 g/mol. The zero-order valence-electron chi connectivity index (χ0n) is 20.8. The van der Waals surface area contributed by atoms with E-state index in [1.54, 1.807) is 53.3 Å². The van der Waals surface area contributed by atoms with Gasteiger partial charge in [0.25, 0.3) is 0 Å². The number of fused-ring (bicyclic) bond motifs is 1. The van der Waals surface area contributed by atoms with Gasteiger partial charge in [0, 0.05) is 5.56 Å². The van der Waals surface area contributed by atoms with Crippen LogP contribution >= 0.6 is 0 Å². The van der Waals surface area contributed by atoms with Crippen molar-refractivity contribution in [1.29, 1.82) is 0 Å². The van der Waals surface area contributed by atoms with Gasteiger partial charge >= 0.3 is 0 Å². The second kappa shape index (κ2) is 10.1. The average molecular weight is 511 g/mol. The third kappa shape index (κ3) is 5.17. The van der Waals surface area contributed by atoms with Crippen molar-refractivity contribution in [3.8, 4) is 22.8 Å². The fourth-order valence-corrected chi connectivity index (χ4v) is 4.77. The number of aromatic nitrogens is 4. The third-order valence-electron chi connectivity index (χ3n) is 5.81. The van der Waals surface area contributed by atoms with Gasteiger partial charge in [-0.2, -0.15) is 5.10 Å². The third-order valence-corrected chi connectivity index (χ3v) is 7.61. The minimum absolute atomic E-state index is 0.0250. The van der Waals surface area contributed by atoms with Gasteiger partial charge in [-0.25, -0.2) is 14.6 Å². The maximum Gasteiger partial charge on any atom is 0.199 e. The molecule has 0 aliphatic heterocycles. The highest BCUT2D eigenvalue weighted by Gasteiger charge is 2.39. The minimum Gasteiger partial charge on any atom is -0.507 e. The largest absolute Gasteiger partial charge is 0.507 e. The van der Waals surface area contributed by atoms with Crippen LogP contribution in [0.25, 0.3) is 28.0 Å². The number of nitrogens with one attached hydrogen (secondary N) is 1. The van der Waals surface area contributed by atoms with Crippen molar-refractivity contribution in [2.75, 3.05) is 0 Å². The Balaban J connectivity index is 1.79. The van der Waals surface area contributed by atoms with E-state index >= 15 is 0 Å². The topological polar surface area (TPSA) is 133 Å². The highest BCUT2D eigenvalue weighted by molar-refractivity contribution is 7.84. The number of aliphatic hydroxyl groups is 2. The fraction of sp³-hybridized carbons (Fsp3) is 0.346. The molecule has 0 amide bonds. The lowest BCUT2D eigenvalue weighted by molar-refractivity contribution is 0.0114. The quantitative estimate of drug-likeness (QED) is 0.162. The highest BCUT2D eigenvalue weighted by atomic mass is 32.2. The van der Waals surface area contributed by atoms with Crippen LogP contribution in [-0.4, -0.2) is 39.8 Å². The second-order valence-corrected chi connectivity index (χ2v) is 11.9. The summed E-state index contributed by atoms with van der Waals surface area (Å²) in [5.41, 5.74) is 1.02. The van der Waals surface area contributed by atoms with E-state index in [1.807, 2.05) is 33.8 Å². The predicted octanol–water partition coefficient (Wildman–Crippen LogP) is 3.62. The molecule has 10 heteroatoms. The summed E-state index contributed by atoms with van der Waals surface area (Å²) in [6.07, 6.45) is 2.53. The average Bonchev–Trinajstić information content (AvgIpc) is 3.28. The zero-order valence-corrected chi connectivity index (χ0v) is 21.7. The molecule has 4 aromatic rings. The Morgan fingerprint density at radius 3 is 2.53 bits per heavy atom. The first kappa shape index (κ1) is 25.9. The number of hydrogen-bond acceptors (Lipinski definition) is 7. The number of rotatable bonds is 8. The number of nitrogens with zero attached hydrogens (tertiary/aromatic N) is 4. The summed E-state index contributed by atoms with van der Waals surface area (Å²) in [6.45, 7) is 7.28. The molecule has 4 rings (SSSR count). The maximum absolute atomic E-state index is 12.8. The summed E-state index contributed by atoms with van der Waals surface area (Å²) in [4.78, 5) is 9.11. The SMILES string of the molecule is CCCC(O)(N[SH+](=O)C(C)(C)C)c1cccc(-c2cc(O)c3cnn(-c4cccc(CO)n4)c3c2)n1. The monoisotopic (exact) mass is 510 g/mol. The molecule has 0 saturated carbocycles. The molecule has 0 aliphatic carbocycles. The van der Waals surface area contributed by atoms with E-state index < -0.39 is 21.5 Å². The Morgan fingerprint density at radius 1 is 1.08 bits per heavy atom. The van der Waals surface area contributed by atoms with Gasteiger partial charge in [0.15, 0.2) is 11.5 Å². The first-order valence-electron chi connectivity index (χ1n) is 11.8. The summed E-state index contributed by atoms with van der Waals surface area (Å²) < 4.78 is 16.8. The van der Waals surface area contributed by atoms with Crippen molar-refractivity contribution in [2.45, 2.75) is 57.6 Å². The number of phenols is 1. The van der Waals surface area contributed by atoms with Crippen LogP contribution in [0.5, 0.6) is 5.75 Å². The van der Waals surface area contributed by atoms with E-state index in [-0.39, 0.29) is 12.4 Å². The Kier molecular flexibility index (Phi) is 7.24. The van der Waals surface area contributed by atoms with Gasteiger partial charge in [-0.3, -0.25) is 0 Å². The van der Waals surface area contributed by atoms with E-state index in [0.717, 1.165) is 0 Å². The lowest BCUT2D eigenvalue weighted by Gasteiger charge is -2.27. The first-order chi connectivity index (χ1) is 17.1. The number of thiol groups is 1. The molecule has 9 nitrogen and oxygen atoms in total. The van der Waals surface area contributed by atoms with Gasteiger partial charge in [0.2, 0.25) is 0 Å². The van der Waals surface area contributed by atoms with Crippen molar-refractivity contribution in [1.82, 2.24) is 24.5 Å². The lowest BCUT2D eigenvalue weighted by Crippen LogP contribution is -2.48. The molecule has 0 radical (unpaired) electrons. The van der Waals surface area contributed by atoms with E-state index in [4.69, 9.17) is 4.98 Å². The molecule has 36 heavy (non-hydrogen) atoms. The van der Waals surface area contributed by atoms with Gasteiger partial charge in [-0.1, -0.05) is 29.7 Å². The van der Waals surface area contributed by atoms with Gasteiger partial charge in [0.1, 0.15) is 21.5 Å². The standard InChI is InChI=1S/C26H31N5O4S/c1-5-12-26(34,30-36(35)25(2,3)4)23-10-7-9-20(29-23)17-13-21-19(22(33)14-17)15-27-31(21)24-11-6-8-18(16-32)28-24/h6-11,13-15,32-34H,5,12,16H2,1-4H3,(H,30,35)/p+1. The van der Waals surface area contributed by atoms with E-state index in [1.165, 1.54) is 0 Å². The number of benzene rings is 1. The number of hydrogen-bond donors (Lipinski definition) is 4. The number of aromatic hydroxyl groups is 1. The van der Waals surface area contributed by atoms with E-state index in [0.29, 0.717) is 52.2 Å². The highest BCUT2D eigenvalue weighted by Crippen LogP contribution is 2.33. The van der Waals surface area contributed by atoms with Crippen molar-refractivity contribution in [3.05, 3.63) is 66.1 Å². The maximum atomic E-state index is 12.8. The summed E-state index contributed by atoms with van der Waals surface area (Å²) in [6, 6.07) is 13.9. The van der Waals surface area contributed by atoms with E-state index in [9.17, 15) is 19.5 Å². The summed E-state index contributed by atoms with van der Waals surface area (Å²) >= 11 is 0. The molecule has 0 fully saturated rings.